The van der Waals surface area contributed by atoms with Gasteiger partial charge >= 0.3 is 12.0 Å². The minimum absolute atomic E-state index is 0.294. The molecule has 0 radical (unpaired) electrons. The number of allylic oxidation sites excluding steroid dienone is 1. The molecule has 1 aromatic rings. The second kappa shape index (κ2) is 9.10. The summed E-state index contributed by atoms with van der Waals surface area (Å²) in [5, 5.41) is 4.89. The SMILES string of the molecule is CCN1C(=O)NC(c2cccc(NC(=O)C(C)Cl)c2)C(C(=O)OC(C)C)=C1C. The summed E-state index contributed by atoms with van der Waals surface area (Å²) in [7, 11) is 0. The van der Waals surface area contributed by atoms with Gasteiger partial charge in [0.25, 0.3) is 0 Å². The van der Waals surface area contributed by atoms with Gasteiger partial charge in [-0.15, -0.1) is 11.6 Å². The summed E-state index contributed by atoms with van der Waals surface area (Å²) in [6.45, 7) is 9.10. The number of carbonyl (C=O) groups excluding carboxylic acids is 3. The highest BCUT2D eigenvalue weighted by Crippen LogP contribution is 2.32. The first kappa shape index (κ1) is 21.8. The molecule has 7 nitrogen and oxygen atoms in total. The van der Waals surface area contributed by atoms with Crippen LogP contribution in [0.5, 0.6) is 0 Å². The number of ether oxygens (including phenoxy) is 1. The van der Waals surface area contributed by atoms with E-state index in [0.717, 1.165) is 0 Å². The lowest BCUT2D eigenvalue weighted by molar-refractivity contribution is -0.143. The third kappa shape index (κ3) is 4.84. The first-order chi connectivity index (χ1) is 13.1. The maximum Gasteiger partial charge on any atom is 0.338 e. The van der Waals surface area contributed by atoms with Crippen LogP contribution in [0.3, 0.4) is 0 Å². The Hall–Kier alpha value is -2.54. The zero-order valence-corrected chi connectivity index (χ0v) is 17.5. The molecule has 0 fully saturated rings. The quantitative estimate of drug-likeness (QED) is 0.557. The molecule has 2 rings (SSSR count). The second-order valence-electron chi connectivity index (χ2n) is 6.81. The first-order valence-electron chi connectivity index (χ1n) is 9.20. The standard InChI is InChI=1S/C20H26ClN3O4/c1-6-24-13(5)16(19(26)28-11(2)3)17(23-20(24)27)14-8-7-9-15(10-14)22-18(25)12(4)21/h7-12,17H,6H2,1-5H3,(H,22,25)(H,23,27). The molecule has 0 bridgehead atoms. The predicted octanol–water partition coefficient (Wildman–Crippen LogP) is 3.56. The summed E-state index contributed by atoms with van der Waals surface area (Å²) in [4.78, 5) is 38.7. The predicted molar refractivity (Wildman–Crippen MR) is 108 cm³/mol. The monoisotopic (exact) mass is 407 g/mol. The normalized spacial score (nSPS) is 18.0. The smallest absolute Gasteiger partial charge is 0.338 e. The van der Waals surface area contributed by atoms with Crippen LogP contribution in [-0.2, 0) is 14.3 Å². The van der Waals surface area contributed by atoms with Crippen molar-refractivity contribution < 1.29 is 19.1 Å². The third-order valence-corrected chi connectivity index (χ3v) is 4.52. The molecule has 1 aliphatic heterocycles. The molecule has 2 N–H and O–H groups in total. The highest BCUT2D eigenvalue weighted by molar-refractivity contribution is 6.32. The number of hydrogen-bond acceptors (Lipinski definition) is 4. The van der Waals surface area contributed by atoms with Crippen LogP contribution in [0.2, 0.25) is 0 Å². The van der Waals surface area contributed by atoms with Crippen molar-refractivity contribution in [1.82, 2.24) is 10.2 Å². The molecule has 0 saturated carbocycles. The van der Waals surface area contributed by atoms with Crippen molar-refractivity contribution in [2.75, 3.05) is 11.9 Å². The van der Waals surface area contributed by atoms with Gasteiger partial charge in [0, 0.05) is 17.9 Å². The number of benzene rings is 1. The molecule has 1 heterocycles. The van der Waals surface area contributed by atoms with Gasteiger partial charge in [0.05, 0.1) is 17.7 Å². The maximum absolute atomic E-state index is 12.8. The van der Waals surface area contributed by atoms with Crippen molar-refractivity contribution in [2.45, 2.75) is 52.1 Å². The number of alkyl halides is 1. The fraction of sp³-hybridized carbons (Fsp3) is 0.450. The van der Waals surface area contributed by atoms with Crippen LogP contribution in [0.4, 0.5) is 10.5 Å². The van der Waals surface area contributed by atoms with E-state index in [0.29, 0.717) is 29.1 Å². The summed E-state index contributed by atoms with van der Waals surface area (Å²) in [5.74, 6) is -0.824. The van der Waals surface area contributed by atoms with Crippen molar-refractivity contribution in [3.63, 3.8) is 0 Å². The highest BCUT2D eigenvalue weighted by atomic mass is 35.5. The Labute approximate surface area is 170 Å². The van der Waals surface area contributed by atoms with Gasteiger partial charge in [0.2, 0.25) is 5.91 Å². The molecule has 0 saturated heterocycles. The Morgan fingerprint density at radius 1 is 1.32 bits per heavy atom. The van der Waals surface area contributed by atoms with E-state index in [4.69, 9.17) is 16.3 Å². The Morgan fingerprint density at radius 3 is 2.57 bits per heavy atom. The van der Waals surface area contributed by atoms with E-state index in [9.17, 15) is 14.4 Å². The van der Waals surface area contributed by atoms with Gasteiger partial charge in [0.1, 0.15) is 5.38 Å². The molecule has 152 valence electrons. The fourth-order valence-corrected chi connectivity index (χ4v) is 3.05. The van der Waals surface area contributed by atoms with Crippen LogP contribution in [0, 0.1) is 0 Å². The van der Waals surface area contributed by atoms with Crippen molar-refractivity contribution in [3.05, 3.63) is 41.1 Å². The number of amides is 3. The summed E-state index contributed by atoms with van der Waals surface area (Å²) < 4.78 is 5.40. The molecule has 2 unspecified atom stereocenters. The number of nitrogens with zero attached hydrogens (tertiary/aromatic N) is 1. The molecule has 28 heavy (non-hydrogen) atoms. The van der Waals surface area contributed by atoms with E-state index < -0.39 is 17.4 Å². The lowest BCUT2D eigenvalue weighted by atomic mass is 9.94. The van der Waals surface area contributed by atoms with Crippen molar-refractivity contribution in [1.29, 1.82) is 0 Å². The molecule has 0 aromatic heterocycles. The Morgan fingerprint density at radius 2 is 2.00 bits per heavy atom. The second-order valence-corrected chi connectivity index (χ2v) is 7.47. The Balaban J connectivity index is 2.46. The Bertz CT molecular complexity index is 804. The van der Waals surface area contributed by atoms with Crippen LogP contribution in [0.15, 0.2) is 35.5 Å². The van der Waals surface area contributed by atoms with Gasteiger partial charge in [0.15, 0.2) is 0 Å². The number of nitrogens with one attached hydrogen (secondary N) is 2. The van der Waals surface area contributed by atoms with Crippen LogP contribution in [-0.4, -0.2) is 40.8 Å². The molecular formula is C20H26ClN3O4. The number of urea groups is 1. The zero-order valence-electron chi connectivity index (χ0n) is 16.7. The molecule has 8 heteroatoms. The van der Waals surface area contributed by atoms with Gasteiger partial charge in [-0.1, -0.05) is 12.1 Å². The zero-order chi connectivity index (χ0) is 21.0. The molecule has 2 atom stereocenters. The van der Waals surface area contributed by atoms with Gasteiger partial charge in [-0.3, -0.25) is 9.69 Å². The van der Waals surface area contributed by atoms with E-state index in [2.05, 4.69) is 10.6 Å². The maximum atomic E-state index is 12.8. The van der Waals surface area contributed by atoms with E-state index in [1.54, 1.807) is 52.0 Å². The molecular weight excluding hydrogens is 382 g/mol. The first-order valence-corrected chi connectivity index (χ1v) is 9.64. The summed E-state index contributed by atoms with van der Waals surface area (Å²) in [6.07, 6.45) is -0.294. The lowest BCUT2D eigenvalue weighted by Crippen LogP contribution is -2.48. The van der Waals surface area contributed by atoms with E-state index in [1.165, 1.54) is 4.90 Å². The van der Waals surface area contributed by atoms with E-state index in [1.807, 2.05) is 6.92 Å². The minimum Gasteiger partial charge on any atom is -0.459 e. The number of halogens is 1. The summed E-state index contributed by atoms with van der Waals surface area (Å²) in [6, 6.07) is 5.96. The number of esters is 1. The molecule has 0 spiro atoms. The van der Waals surface area contributed by atoms with Gasteiger partial charge in [-0.25, -0.2) is 9.59 Å². The number of carbonyl (C=O) groups is 3. The minimum atomic E-state index is -0.688. The topological polar surface area (TPSA) is 87.7 Å². The Kier molecular flexibility index (Phi) is 7.07. The van der Waals surface area contributed by atoms with Gasteiger partial charge in [-0.2, -0.15) is 0 Å². The fourth-order valence-electron chi connectivity index (χ4n) is 2.99. The average molecular weight is 408 g/mol. The van der Waals surface area contributed by atoms with Crippen molar-refractivity contribution in [3.8, 4) is 0 Å². The van der Waals surface area contributed by atoms with Crippen molar-refractivity contribution >= 4 is 35.2 Å². The van der Waals surface area contributed by atoms with Crippen LogP contribution < -0.4 is 10.6 Å². The largest absolute Gasteiger partial charge is 0.459 e. The number of rotatable bonds is 6. The third-order valence-electron chi connectivity index (χ3n) is 4.32. The molecule has 3 amide bonds. The number of anilines is 1. The van der Waals surface area contributed by atoms with Crippen molar-refractivity contribution in [2.24, 2.45) is 0 Å². The van der Waals surface area contributed by atoms with Crippen LogP contribution in [0.25, 0.3) is 0 Å². The van der Waals surface area contributed by atoms with Gasteiger partial charge < -0.3 is 15.4 Å². The van der Waals surface area contributed by atoms with E-state index >= 15 is 0 Å². The average Bonchev–Trinajstić information content (AvgIpc) is 2.60. The summed E-state index contributed by atoms with van der Waals surface area (Å²) in [5.41, 5.74) is 2.09. The van der Waals surface area contributed by atoms with Crippen LogP contribution >= 0.6 is 11.6 Å². The molecule has 1 aliphatic rings. The van der Waals surface area contributed by atoms with E-state index in [-0.39, 0.29) is 18.0 Å². The molecule has 1 aromatic carbocycles. The van der Waals surface area contributed by atoms with Crippen LogP contribution in [0.1, 0.15) is 46.2 Å². The summed E-state index contributed by atoms with van der Waals surface area (Å²) >= 11 is 5.81. The lowest BCUT2D eigenvalue weighted by Gasteiger charge is -2.35. The number of hydrogen-bond donors (Lipinski definition) is 2. The van der Waals surface area contributed by atoms with Gasteiger partial charge in [-0.05, 0) is 52.3 Å². The molecule has 0 aliphatic carbocycles. The highest BCUT2D eigenvalue weighted by Gasteiger charge is 2.36.